The summed E-state index contributed by atoms with van der Waals surface area (Å²) < 4.78 is 26.0. The lowest BCUT2D eigenvalue weighted by Crippen LogP contribution is -2.27. The number of hydrogen-bond donors (Lipinski definition) is 1. The molecule has 0 bridgehead atoms. The van der Waals surface area contributed by atoms with E-state index >= 15 is 4.39 Å². The van der Waals surface area contributed by atoms with Crippen molar-refractivity contribution in [1.82, 2.24) is 28.7 Å². The summed E-state index contributed by atoms with van der Waals surface area (Å²) in [4.78, 5) is 27.3. The van der Waals surface area contributed by atoms with Gasteiger partial charge >= 0.3 is 5.69 Å². The molecular weight excluding hydrogens is 511 g/mol. The van der Waals surface area contributed by atoms with Gasteiger partial charge in [0.15, 0.2) is 5.65 Å². The van der Waals surface area contributed by atoms with Gasteiger partial charge in [-0.25, -0.2) is 23.7 Å². The molecule has 0 aliphatic heterocycles. The van der Waals surface area contributed by atoms with Crippen LogP contribution in [-0.2, 0) is 6.54 Å². The summed E-state index contributed by atoms with van der Waals surface area (Å²) in [7, 11) is 0. The first kappa shape index (κ1) is 26.1. The van der Waals surface area contributed by atoms with Crippen LogP contribution in [0.15, 0.2) is 96.4 Å². The van der Waals surface area contributed by atoms with Gasteiger partial charge in [0.2, 0.25) is 12.2 Å². The lowest BCUT2D eigenvalue weighted by Gasteiger charge is -2.15. The summed E-state index contributed by atoms with van der Waals surface area (Å²) in [6, 6.07) is 13.8. The van der Waals surface area contributed by atoms with Crippen LogP contribution in [0.4, 0.5) is 4.39 Å². The number of nitrogens with two attached hydrogens (primary N) is 1. The molecule has 1 atom stereocenters. The van der Waals surface area contributed by atoms with E-state index in [1.807, 2.05) is 0 Å². The van der Waals surface area contributed by atoms with Crippen LogP contribution >= 0.6 is 0 Å². The van der Waals surface area contributed by atoms with Crippen molar-refractivity contribution in [1.29, 1.82) is 5.26 Å². The predicted molar refractivity (Wildman–Crippen MR) is 150 cm³/mol. The lowest BCUT2D eigenvalue weighted by molar-refractivity contribution is 0.270. The van der Waals surface area contributed by atoms with Gasteiger partial charge in [0.05, 0.1) is 42.0 Å². The van der Waals surface area contributed by atoms with E-state index in [0.717, 1.165) is 4.57 Å². The zero-order chi connectivity index (χ0) is 28.2. The van der Waals surface area contributed by atoms with E-state index in [4.69, 9.17) is 10.5 Å². The highest BCUT2D eigenvalue weighted by Crippen LogP contribution is 2.31. The van der Waals surface area contributed by atoms with Crippen molar-refractivity contribution < 1.29 is 9.13 Å². The summed E-state index contributed by atoms with van der Waals surface area (Å²) in [5.74, 6) is 0.475. The smallest absolute Gasteiger partial charge is 0.333 e. The average Bonchev–Trinajstić information content (AvgIpc) is 3.52. The van der Waals surface area contributed by atoms with Crippen LogP contribution < -0.4 is 16.2 Å². The summed E-state index contributed by atoms with van der Waals surface area (Å²) in [5, 5.41) is 9.36. The first-order chi connectivity index (χ1) is 19.5. The summed E-state index contributed by atoms with van der Waals surface area (Å²) in [6.45, 7) is 5.83. The molecule has 3 heterocycles. The molecule has 2 aromatic carbocycles. The molecule has 2 N–H and O–H groups in total. The number of nitriles is 1. The third-order valence-corrected chi connectivity index (χ3v) is 6.29. The fourth-order valence-electron chi connectivity index (χ4n) is 4.40. The summed E-state index contributed by atoms with van der Waals surface area (Å²) in [6.07, 6.45) is 7.40. The Kier molecular flexibility index (Phi) is 7.24. The molecule has 0 fully saturated rings. The fraction of sp³-hybridized carbons (Fsp3) is 0.138. The molecule has 0 amide bonds. The van der Waals surface area contributed by atoms with Crippen molar-refractivity contribution in [3.63, 3.8) is 0 Å². The Morgan fingerprint density at radius 1 is 1.25 bits per heavy atom. The standard InChI is InChI=1S/C29H25FN8O2/c1-3-5-8-20(15-32)17-36-24-16-33-28(37-18-34-22-12-11-19(14-31)13-23(22)37)35-27(24)38(29(36)39)26(30)21-9-6-7-10-25(21)40-4-2/h3,5-13,15-16,18,26H,1,4,17,32H2,2H3/b8-5-,20-15+/t26-/m0/s1. The number of benzene rings is 2. The van der Waals surface area contributed by atoms with E-state index in [1.165, 1.54) is 23.3 Å². The molecule has 11 heteroatoms. The first-order valence-electron chi connectivity index (χ1n) is 12.4. The lowest BCUT2D eigenvalue weighted by atomic mass is 10.2. The van der Waals surface area contributed by atoms with Gasteiger partial charge in [-0.2, -0.15) is 10.2 Å². The molecule has 3 aromatic heterocycles. The normalized spacial score (nSPS) is 12.7. The molecule has 200 valence electrons. The first-order valence-corrected chi connectivity index (χ1v) is 12.4. The number of alkyl halides is 1. The number of ether oxygens (including phenoxy) is 1. The average molecular weight is 537 g/mol. The van der Waals surface area contributed by atoms with E-state index in [9.17, 15) is 10.1 Å². The van der Waals surface area contributed by atoms with Gasteiger partial charge in [-0.3, -0.25) is 9.13 Å². The molecule has 5 rings (SSSR count). The van der Waals surface area contributed by atoms with Crippen molar-refractivity contribution in [2.45, 2.75) is 19.8 Å². The minimum absolute atomic E-state index is 0.0469. The SMILES string of the molecule is C=C/C=C\C(=C/N)Cn1c(=O)n([C@H](F)c2ccccc2OCC)c2nc(-n3cnc4ccc(C#N)cc43)ncc21. The van der Waals surface area contributed by atoms with E-state index in [1.54, 1.807) is 72.2 Å². The Bertz CT molecular complexity index is 1890. The molecule has 0 unspecified atom stereocenters. The van der Waals surface area contributed by atoms with Crippen molar-refractivity contribution in [2.75, 3.05) is 6.61 Å². The Morgan fingerprint density at radius 2 is 2.08 bits per heavy atom. The summed E-state index contributed by atoms with van der Waals surface area (Å²) in [5.41, 5.74) is 7.96. The van der Waals surface area contributed by atoms with E-state index in [0.29, 0.717) is 40.0 Å². The van der Waals surface area contributed by atoms with Crippen molar-refractivity contribution >= 4 is 22.2 Å². The maximum atomic E-state index is 16.4. The van der Waals surface area contributed by atoms with E-state index < -0.39 is 12.0 Å². The molecule has 40 heavy (non-hydrogen) atoms. The molecule has 0 radical (unpaired) electrons. The molecule has 0 aliphatic carbocycles. The highest BCUT2D eigenvalue weighted by atomic mass is 19.1. The maximum Gasteiger partial charge on any atom is 0.333 e. The largest absolute Gasteiger partial charge is 0.493 e. The quantitative estimate of drug-likeness (QED) is 0.278. The Morgan fingerprint density at radius 3 is 2.83 bits per heavy atom. The van der Waals surface area contributed by atoms with Crippen molar-refractivity contribution in [3.8, 4) is 17.8 Å². The Balaban J connectivity index is 1.74. The van der Waals surface area contributed by atoms with Gasteiger partial charge < -0.3 is 10.5 Å². The van der Waals surface area contributed by atoms with Crippen LogP contribution in [0, 0.1) is 11.3 Å². The number of allylic oxidation sites excluding steroid dienone is 4. The van der Waals surface area contributed by atoms with Gasteiger partial charge in [0.25, 0.3) is 0 Å². The number of imidazole rings is 2. The minimum atomic E-state index is -1.92. The number of hydrogen-bond acceptors (Lipinski definition) is 7. The van der Waals surface area contributed by atoms with E-state index in [2.05, 4.69) is 27.6 Å². The summed E-state index contributed by atoms with van der Waals surface area (Å²) >= 11 is 0. The molecule has 0 aliphatic rings. The second kappa shape index (κ2) is 11.1. The predicted octanol–water partition coefficient (Wildman–Crippen LogP) is 4.30. The van der Waals surface area contributed by atoms with Crippen LogP contribution in [-0.4, -0.2) is 35.3 Å². The second-order valence-corrected chi connectivity index (χ2v) is 8.69. The number of nitrogens with zero attached hydrogens (tertiary/aromatic N) is 7. The highest BCUT2D eigenvalue weighted by Gasteiger charge is 2.26. The number of aromatic nitrogens is 6. The highest BCUT2D eigenvalue weighted by molar-refractivity contribution is 5.79. The third kappa shape index (κ3) is 4.63. The number of halogens is 1. The molecule has 0 saturated carbocycles. The maximum absolute atomic E-state index is 16.4. The molecule has 0 saturated heterocycles. The topological polar surface area (TPSA) is 130 Å². The number of rotatable bonds is 9. The van der Waals surface area contributed by atoms with Crippen molar-refractivity contribution in [2.24, 2.45) is 5.73 Å². The Hall–Kier alpha value is -5.50. The van der Waals surface area contributed by atoms with Crippen LogP contribution in [0.5, 0.6) is 5.75 Å². The van der Waals surface area contributed by atoms with Gasteiger partial charge in [-0.05, 0) is 43.0 Å². The minimum Gasteiger partial charge on any atom is -0.493 e. The van der Waals surface area contributed by atoms with Crippen molar-refractivity contribution in [3.05, 3.63) is 113 Å². The molecular formula is C29H25FN8O2. The fourth-order valence-corrected chi connectivity index (χ4v) is 4.40. The molecule has 5 aromatic rings. The van der Waals surface area contributed by atoms with Gasteiger partial charge in [0, 0.05) is 5.56 Å². The number of para-hydroxylation sites is 1. The van der Waals surface area contributed by atoms with E-state index in [-0.39, 0.29) is 23.7 Å². The van der Waals surface area contributed by atoms with Gasteiger partial charge in [-0.1, -0.05) is 43.0 Å². The van der Waals surface area contributed by atoms with Crippen LogP contribution in [0.1, 0.15) is 24.3 Å². The molecule has 0 spiro atoms. The third-order valence-electron chi connectivity index (χ3n) is 6.29. The van der Waals surface area contributed by atoms with Crippen LogP contribution in [0.2, 0.25) is 0 Å². The van der Waals surface area contributed by atoms with Gasteiger partial charge in [0.1, 0.15) is 17.6 Å². The van der Waals surface area contributed by atoms with Crippen LogP contribution in [0.3, 0.4) is 0 Å². The molecule has 10 nitrogen and oxygen atoms in total. The second-order valence-electron chi connectivity index (χ2n) is 8.69. The monoisotopic (exact) mass is 536 g/mol. The Labute approximate surface area is 228 Å². The zero-order valence-corrected chi connectivity index (χ0v) is 21.6. The number of fused-ring (bicyclic) bond motifs is 2. The van der Waals surface area contributed by atoms with Crippen LogP contribution in [0.25, 0.3) is 28.1 Å². The van der Waals surface area contributed by atoms with Gasteiger partial charge in [-0.15, -0.1) is 0 Å². The zero-order valence-electron chi connectivity index (χ0n) is 21.6.